The summed E-state index contributed by atoms with van der Waals surface area (Å²) in [4.78, 5) is 0. The van der Waals surface area contributed by atoms with E-state index in [9.17, 15) is 0 Å². The third-order valence-corrected chi connectivity index (χ3v) is 3.53. The Morgan fingerprint density at radius 2 is 1.00 bits per heavy atom. The Labute approximate surface area is 168 Å². The van der Waals surface area contributed by atoms with Gasteiger partial charge in [-0.25, -0.2) is 0 Å². The summed E-state index contributed by atoms with van der Waals surface area (Å²) >= 11 is 0. The Hall–Kier alpha value is -1.48. The highest BCUT2D eigenvalue weighted by Crippen LogP contribution is 2.12. The van der Waals surface area contributed by atoms with Gasteiger partial charge in [-0.3, -0.25) is 0 Å². The average Bonchev–Trinajstić information content (AvgIpc) is 2.73. The molecule has 0 saturated carbocycles. The summed E-state index contributed by atoms with van der Waals surface area (Å²) in [5.74, 6) is 0.824. The van der Waals surface area contributed by atoms with Gasteiger partial charge in [0, 0.05) is 7.11 Å². The van der Waals surface area contributed by atoms with Crippen LogP contribution in [-0.2, 0) is 28.4 Å². The quantitative estimate of drug-likeness (QED) is 0.313. The van der Waals surface area contributed by atoms with E-state index in [1.54, 1.807) is 13.2 Å². The van der Waals surface area contributed by atoms with Crippen molar-refractivity contribution in [3.63, 3.8) is 0 Å². The van der Waals surface area contributed by atoms with Gasteiger partial charge in [-0.1, -0.05) is 24.8 Å². The number of rotatable bonds is 20. The molecule has 0 N–H and O–H groups in total. The first-order valence-corrected chi connectivity index (χ1v) is 9.59. The molecule has 28 heavy (non-hydrogen) atoms. The van der Waals surface area contributed by atoms with Crippen LogP contribution in [0.5, 0.6) is 5.75 Å². The fourth-order valence-corrected chi connectivity index (χ4v) is 2.04. The molecule has 0 aromatic heterocycles. The standard InChI is InChI=1S/C21H34O7/c1-3-20-4-6-21(7-5-20)28-19-18-27-17-16-26-15-14-25-13-12-24-11-10-23-9-8-22-2/h3-7H,1,8-19H2,2H3. The third-order valence-electron chi connectivity index (χ3n) is 3.53. The topological polar surface area (TPSA) is 64.6 Å². The zero-order valence-electron chi connectivity index (χ0n) is 16.9. The molecule has 0 bridgehead atoms. The number of hydrogen-bond acceptors (Lipinski definition) is 7. The predicted molar refractivity (Wildman–Crippen MR) is 108 cm³/mol. The van der Waals surface area contributed by atoms with E-state index in [0.717, 1.165) is 11.3 Å². The van der Waals surface area contributed by atoms with Crippen LogP contribution in [0.2, 0.25) is 0 Å². The Morgan fingerprint density at radius 3 is 1.39 bits per heavy atom. The van der Waals surface area contributed by atoms with Gasteiger partial charge in [0.25, 0.3) is 0 Å². The minimum atomic E-state index is 0.508. The highest BCUT2D eigenvalue weighted by Gasteiger charge is 1.95. The maximum Gasteiger partial charge on any atom is 0.119 e. The van der Waals surface area contributed by atoms with Crippen molar-refractivity contribution in [1.29, 1.82) is 0 Å². The molecule has 0 radical (unpaired) electrons. The van der Waals surface area contributed by atoms with E-state index in [-0.39, 0.29) is 0 Å². The molecule has 0 aliphatic rings. The summed E-state index contributed by atoms with van der Waals surface area (Å²) in [5, 5.41) is 0. The number of hydrogen-bond donors (Lipinski definition) is 0. The molecule has 0 heterocycles. The molecule has 1 aromatic carbocycles. The van der Waals surface area contributed by atoms with Crippen LogP contribution >= 0.6 is 0 Å². The van der Waals surface area contributed by atoms with Gasteiger partial charge in [0.1, 0.15) is 12.4 Å². The monoisotopic (exact) mass is 398 g/mol. The largest absolute Gasteiger partial charge is 0.491 e. The molecule has 0 amide bonds. The van der Waals surface area contributed by atoms with E-state index in [0.29, 0.717) is 79.3 Å². The Morgan fingerprint density at radius 1 is 0.607 bits per heavy atom. The molecule has 160 valence electrons. The molecule has 0 fully saturated rings. The van der Waals surface area contributed by atoms with E-state index in [2.05, 4.69) is 6.58 Å². The minimum absolute atomic E-state index is 0.508. The number of methoxy groups -OCH3 is 1. The van der Waals surface area contributed by atoms with Crippen LogP contribution in [0.3, 0.4) is 0 Å². The molecule has 0 saturated heterocycles. The van der Waals surface area contributed by atoms with Gasteiger partial charge >= 0.3 is 0 Å². The lowest BCUT2D eigenvalue weighted by Gasteiger charge is -2.09. The van der Waals surface area contributed by atoms with Crippen LogP contribution in [-0.4, -0.2) is 86.4 Å². The van der Waals surface area contributed by atoms with Crippen LogP contribution in [0.4, 0.5) is 0 Å². The summed E-state index contributed by atoms with van der Waals surface area (Å²) in [6.45, 7) is 10.3. The molecule has 7 heteroatoms. The van der Waals surface area contributed by atoms with E-state index in [1.165, 1.54) is 0 Å². The smallest absolute Gasteiger partial charge is 0.119 e. The van der Waals surface area contributed by atoms with Crippen LogP contribution in [0.1, 0.15) is 5.56 Å². The van der Waals surface area contributed by atoms with Crippen LogP contribution < -0.4 is 4.74 Å². The highest BCUT2D eigenvalue weighted by molar-refractivity contribution is 5.48. The van der Waals surface area contributed by atoms with E-state index < -0.39 is 0 Å². The van der Waals surface area contributed by atoms with Crippen molar-refractivity contribution in [2.75, 3.05) is 86.4 Å². The van der Waals surface area contributed by atoms with Crippen molar-refractivity contribution in [1.82, 2.24) is 0 Å². The lowest BCUT2D eigenvalue weighted by atomic mass is 10.2. The molecular formula is C21H34O7. The fourth-order valence-electron chi connectivity index (χ4n) is 2.04. The van der Waals surface area contributed by atoms with Gasteiger partial charge in [-0.15, -0.1) is 0 Å². The van der Waals surface area contributed by atoms with Crippen molar-refractivity contribution in [2.45, 2.75) is 0 Å². The van der Waals surface area contributed by atoms with Crippen LogP contribution in [0.25, 0.3) is 6.08 Å². The third kappa shape index (κ3) is 14.6. The maximum absolute atomic E-state index is 5.58. The molecule has 1 aromatic rings. The molecule has 0 spiro atoms. The molecule has 7 nitrogen and oxygen atoms in total. The van der Waals surface area contributed by atoms with Crippen molar-refractivity contribution in [2.24, 2.45) is 0 Å². The van der Waals surface area contributed by atoms with Crippen LogP contribution in [0.15, 0.2) is 30.8 Å². The zero-order chi connectivity index (χ0) is 20.1. The second-order valence-electron chi connectivity index (χ2n) is 5.68. The Kier molecular flexibility index (Phi) is 16.5. The Balaban J connectivity index is 1.74. The van der Waals surface area contributed by atoms with Gasteiger partial charge in [-0.2, -0.15) is 0 Å². The van der Waals surface area contributed by atoms with Gasteiger partial charge in [0.15, 0.2) is 0 Å². The van der Waals surface area contributed by atoms with E-state index >= 15 is 0 Å². The first kappa shape index (κ1) is 24.6. The summed E-state index contributed by atoms with van der Waals surface area (Å²) < 4.78 is 37.4. The van der Waals surface area contributed by atoms with E-state index in [1.807, 2.05) is 24.3 Å². The highest BCUT2D eigenvalue weighted by atomic mass is 16.6. The molecule has 0 aliphatic carbocycles. The molecule has 0 unspecified atom stereocenters. The number of benzene rings is 1. The molecule has 0 aliphatic heterocycles. The van der Waals surface area contributed by atoms with Gasteiger partial charge in [0.2, 0.25) is 0 Å². The second-order valence-corrected chi connectivity index (χ2v) is 5.68. The van der Waals surface area contributed by atoms with Gasteiger partial charge in [0.05, 0.1) is 72.7 Å². The molecule has 0 atom stereocenters. The molecular weight excluding hydrogens is 364 g/mol. The maximum atomic E-state index is 5.58. The van der Waals surface area contributed by atoms with Crippen molar-refractivity contribution >= 4 is 6.08 Å². The normalized spacial score (nSPS) is 10.9. The Bertz CT molecular complexity index is 464. The zero-order valence-corrected chi connectivity index (χ0v) is 16.9. The van der Waals surface area contributed by atoms with Crippen LogP contribution in [0, 0.1) is 0 Å². The summed E-state index contributed by atoms with van der Waals surface area (Å²) in [5.41, 5.74) is 1.07. The van der Waals surface area contributed by atoms with Gasteiger partial charge < -0.3 is 33.2 Å². The average molecular weight is 398 g/mol. The summed E-state index contributed by atoms with van der Waals surface area (Å²) in [6, 6.07) is 7.76. The lowest BCUT2D eigenvalue weighted by Crippen LogP contribution is -2.14. The van der Waals surface area contributed by atoms with E-state index in [4.69, 9.17) is 33.2 Å². The molecule has 1 rings (SSSR count). The van der Waals surface area contributed by atoms with Gasteiger partial charge in [-0.05, 0) is 17.7 Å². The first-order chi connectivity index (χ1) is 13.9. The SMILES string of the molecule is C=Cc1ccc(OCCOCCOCCOCCOCCOCCOC)cc1. The summed E-state index contributed by atoms with van der Waals surface area (Å²) in [7, 11) is 1.65. The minimum Gasteiger partial charge on any atom is -0.491 e. The van der Waals surface area contributed by atoms with Crippen molar-refractivity contribution in [3.05, 3.63) is 36.4 Å². The van der Waals surface area contributed by atoms with Crippen molar-refractivity contribution in [3.8, 4) is 5.75 Å². The first-order valence-electron chi connectivity index (χ1n) is 9.59. The summed E-state index contributed by atoms with van der Waals surface area (Å²) in [6.07, 6.45) is 1.80. The second kappa shape index (κ2) is 18.9. The fraction of sp³-hybridized carbons (Fsp3) is 0.619. The predicted octanol–water partition coefficient (Wildman–Crippen LogP) is 2.44. The lowest BCUT2D eigenvalue weighted by molar-refractivity contribution is -0.0159. The van der Waals surface area contributed by atoms with Crippen molar-refractivity contribution < 1.29 is 33.2 Å². The number of ether oxygens (including phenoxy) is 7.